The number of aliphatic carboxylic acids is 2. The fourth-order valence-corrected chi connectivity index (χ4v) is 2.68. The van der Waals surface area contributed by atoms with Crippen LogP contribution in [0, 0.1) is 0 Å². The molecule has 34 heavy (non-hydrogen) atoms. The van der Waals surface area contributed by atoms with E-state index in [0.717, 1.165) is 6.08 Å². The maximum atomic E-state index is 11.0. The van der Waals surface area contributed by atoms with E-state index in [2.05, 4.69) is 25.6 Å². The number of nitrogens with zero attached hydrogens (tertiary/aromatic N) is 4. The van der Waals surface area contributed by atoms with Crippen molar-refractivity contribution in [2.24, 2.45) is 0 Å². The van der Waals surface area contributed by atoms with Crippen molar-refractivity contribution in [2.75, 3.05) is 29.6 Å². The fraction of sp³-hybridized carbons (Fsp3) is 0.0909. The molecule has 0 unspecified atom stereocenters. The van der Waals surface area contributed by atoms with Crippen molar-refractivity contribution < 1.29 is 29.7 Å². The first-order valence-electron chi connectivity index (χ1n) is 9.71. The lowest BCUT2D eigenvalue weighted by molar-refractivity contribution is -0.140. The Morgan fingerprint density at radius 1 is 0.765 bits per heavy atom. The van der Waals surface area contributed by atoms with Gasteiger partial charge in [-0.3, -0.25) is 0 Å². The van der Waals surface area contributed by atoms with Gasteiger partial charge in [0.1, 0.15) is 5.57 Å². The smallest absolute Gasteiger partial charge is 0.343 e. The fourth-order valence-electron chi connectivity index (χ4n) is 2.68. The van der Waals surface area contributed by atoms with Gasteiger partial charge in [0, 0.05) is 25.5 Å². The van der Waals surface area contributed by atoms with Crippen LogP contribution in [0.4, 0.5) is 29.2 Å². The summed E-state index contributed by atoms with van der Waals surface area (Å²) in [5.41, 5.74) is 0.936. The maximum Gasteiger partial charge on any atom is 0.343 e. The number of anilines is 5. The first-order chi connectivity index (χ1) is 16.1. The lowest BCUT2D eigenvalue weighted by Crippen LogP contribution is -2.15. The molecule has 0 saturated heterocycles. The molecule has 0 radical (unpaired) electrons. The Kier molecular flexibility index (Phi) is 7.01. The summed E-state index contributed by atoms with van der Waals surface area (Å²) in [5.74, 6) is -3.31. The number of nitrogens with one attached hydrogen (secondary N) is 2. The number of hydrogen-bond acceptors (Lipinski definition) is 9. The topological polar surface area (TPSA) is 178 Å². The molecule has 1 heterocycles. The van der Waals surface area contributed by atoms with E-state index in [1.54, 1.807) is 55.4 Å². The van der Waals surface area contributed by atoms with Crippen LogP contribution >= 0.6 is 0 Å². The average molecular weight is 464 g/mol. The zero-order valence-corrected chi connectivity index (χ0v) is 18.1. The Labute approximate surface area is 193 Å². The van der Waals surface area contributed by atoms with Gasteiger partial charge in [-0.15, -0.1) is 0 Å². The molecule has 0 aliphatic heterocycles. The number of benzene rings is 2. The second-order valence-electron chi connectivity index (χ2n) is 7.10. The number of carboxylic acids is 3. The highest BCUT2D eigenvalue weighted by Gasteiger charge is 2.16. The monoisotopic (exact) mass is 464 g/mol. The van der Waals surface area contributed by atoms with Crippen LogP contribution in [-0.2, 0) is 9.59 Å². The van der Waals surface area contributed by atoms with Gasteiger partial charge in [-0.25, -0.2) is 14.4 Å². The molecular weight excluding hydrogens is 444 g/mol. The van der Waals surface area contributed by atoms with Crippen LogP contribution in [0.2, 0.25) is 0 Å². The molecule has 1 aromatic heterocycles. The van der Waals surface area contributed by atoms with Gasteiger partial charge in [0.25, 0.3) is 0 Å². The van der Waals surface area contributed by atoms with E-state index in [0.29, 0.717) is 22.9 Å². The van der Waals surface area contributed by atoms with E-state index in [-0.39, 0.29) is 17.5 Å². The van der Waals surface area contributed by atoms with Gasteiger partial charge in [0.15, 0.2) is 0 Å². The molecule has 12 nitrogen and oxygen atoms in total. The quantitative estimate of drug-likeness (QED) is 0.178. The van der Waals surface area contributed by atoms with E-state index < -0.39 is 23.5 Å². The normalized spacial score (nSPS) is 10.2. The van der Waals surface area contributed by atoms with Gasteiger partial charge in [0.2, 0.25) is 17.8 Å². The number of hydrogen-bond donors (Lipinski definition) is 5. The van der Waals surface area contributed by atoms with Crippen LogP contribution in [-0.4, -0.2) is 62.3 Å². The van der Waals surface area contributed by atoms with E-state index in [4.69, 9.17) is 15.3 Å². The molecule has 5 N–H and O–H groups in total. The van der Waals surface area contributed by atoms with Gasteiger partial charge in [-0.2, -0.15) is 15.0 Å². The molecule has 0 spiro atoms. The first-order valence-corrected chi connectivity index (χ1v) is 9.71. The number of carbonyl (C=O) groups is 3. The molecule has 3 aromatic rings. The Morgan fingerprint density at radius 2 is 1.24 bits per heavy atom. The summed E-state index contributed by atoms with van der Waals surface area (Å²) in [6.45, 7) is 0. The molecule has 0 saturated carbocycles. The highest BCUT2D eigenvalue weighted by Crippen LogP contribution is 2.21. The zero-order valence-electron chi connectivity index (χ0n) is 18.1. The highest BCUT2D eigenvalue weighted by atomic mass is 16.4. The van der Waals surface area contributed by atoms with E-state index in [9.17, 15) is 14.4 Å². The largest absolute Gasteiger partial charge is 0.478 e. The van der Waals surface area contributed by atoms with E-state index in [1.165, 1.54) is 12.1 Å². The minimum Gasteiger partial charge on any atom is -0.478 e. The summed E-state index contributed by atoms with van der Waals surface area (Å²) in [6.07, 6.45) is 1.05. The Balaban J connectivity index is 1.83. The predicted octanol–water partition coefficient (Wildman–Crippen LogP) is 2.68. The summed E-state index contributed by atoms with van der Waals surface area (Å²) in [6, 6.07) is 12.4. The van der Waals surface area contributed by atoms with Crippen molar-refractivity contribution in [1.29, 1.82) is 0 Å². The maximum absolute atomic E-state index is 11.0. The van der Waals surface area contributed by atoms with Gasteiger partial charge in [-0.1, -0.05) is 12.1 Å². The number of carboxylic acid groups (broad SMARTS) is 3. The summed E-state index contributed by atoms with van der Waals surface area (Å²) in [4.78, 5) is 47.7. The molecule has 2 aromatic carbocycles. The third-order valence-corrected chi connectivity index (χ3v) is 4.35. The van der Waals surface area contributed by atoms with Gasteiger partial charge in [0.05, 0.1) is 5.56 Å². The minimum absolute atomic E-state index is 0.148. The third kappa shape index (κ3) is 6.03. The third-order valence-electron chi connectivity index (χ3n) is 4.35. The first kappa shape index (κ1) is 23.7. The number of aromatic nitrogens is 3. The standard InChI is InChI=1S/C22H20N6O6/c1-28(2)22-26-20(25-21(27-22)24-15-9-5-13(6-10-15)17(29)30)23-14-7-3-12(4-8-14)11-16(18(31)32)19(33)34/h3-11H,1-2H3,(H,29,30)(H,31,32)(H,33,34)(H2,23,24,25,26,27). The van der Waals surface area contributed by atoms with E-state index >= 15 is 0 Å². The van der Waals surface area contributed by atoms with Crippen LogP contribution < -0.4 is 15.5 Å². The average Bonchev–Trinajstić information content (AvgIpc) is 2.78. The van der Waals surface area contributed by atoms with Crippen molar-refractivity contribution in [1.82, 2.24) is 15.0 Å². The summed E-state index contributed by atoms with van der Waals surface area (Å²) < 4.78 is 0. The lowest BCUT2D eigenvalue weighted by atomic mass is 10.1. The minimum atomic E-state index is -1.53. The molecule has 0 fully saturated rings. The molecule has 0 bridgehead atoms. The zero-order chi connectivity index (χ0) is 24.8. The molecule has 0 amide bonds. The Morgan fingerprint density at radius 3 is 1.65 bits per heavy atom. The molecule has 3 rings (SSSR count). The van der Waals surface area contributed by atoms with E-state index in [1.807, 2.05) is 0 Å². The SMILES string of the molecule is CN(C)c1nc(Nc2ccc(C=C(C(=O)O)C(=O)O)cc2)nc(Nc2ccc(C(=O)O)cc2)n1. The van der Waals surface area contributed by atoms with Crippen LogP contribution in [0.25, 0.3) is 6.08 Å². The van der Waals surface area contributed by atoms with Crippen molar-refractivity contribution in [3.05, 3.63) is 65.2 Å². The van der Waals surface area contributed by atoms with Crippen molar-refractivity contribution >= 4 is 53.2 Å². The highest BCUT2D eigenvalue weighted by molar-refractivity contribution is 6.16. The summed E-state index contributed by atoms with van der Waals surface area (Å²) in [7, 11) is 3.52. The van der Waals surface area contributed by atoms with Crippen molar-refractivity contribution in [3.8, 4) is 0 Å². The van der Waals surface area contributed by atoms with Crippen LogP contribution in [0.3, 0.4) is 0 Å². The Bertz CT molecular complexity index is 1240. The summed E-state index contributed by atoms with van der Waals surface area (Å²) >= 11 is 0. The van der Waals surface area contributed by atoms with Crippen LogP contribution in [0.5, 0.6) is 0 Å². The molecule has 174 valence electrons. The molecule has 0 aliphatic carbocycles. The second-order valence-corrected chi connectivity index (χ2v) is 7.10. The molecule has 12 heteroatoms. The van der Waals surface area contributed by atoms with Crippen LogP contribution in [0.1, 0.15) is 15.9 Å². The number of rotatable bonds is 9. The molecule has 0 atom stereocenters. The van der Waals surface area contributed by atoms with Gasteiger partial charge >= 0.3 is 17.9 Å². The van der Waals surface area contributed by atoms with Gasteiger partial charge in [-0.05, 0) is 48.0 Å². The van der Waals surface area contributed by atoms with Crippen LogP contribution in [0.15, 0.2) is 54.1 Å². The van der Waals surface area contributed by atoms with Crippen molar-refractivity contribution in [3.63, 3.8) is 0 Å². The van der Waals surface area contributed by atoms with Gasteiger partial charge < -0.3 is 30.9 Å². The second kappa shape index (κ2) is 10.1. The molecule has 0 aliphatic rings. The molecular formula is C22H20N6O6. The Hall–Kier alpha value is -5.00. The number of aromatic carboxylic acids is 1. The predicted molar refractivity (Wildman–Crippen MR) is 124 cm³/mol. The lowest BCUT2D eigenvalue weighted by Gasteiger charge is -2.14. The van der Waals surface area contributed by atoms with Crippen molar-refractivity contribution in [2.45, 2.75) is 0 Å². The summed E-state index contributed by atoms with van der Waals surface area (Å²) in [5, 5.41) is 33.0.